The molecule has 1 aromatic carbocycles. The Morgan fingerprint density at radius 3 is 2.72 bits per heavy atom. The van der Waals surface area contributed by atoms with Crippen molar-refractivity contribution in [1.82, 2.24) is 24.6 Å². The Labute approximate surface area is 249 Å². The monoisotopic (exact) mass is 627 g/mol. The SMILES string of the molecule is COCCN(C)C(=O)c1nn2c(c1Cl)CN(c1nc(OC)nc3c1COC(c1c(C(F)(F)F)ccc(N)c1F)C3)CCC2. The standard InChI is InChI=1S/C27H30ClF4N7O4/c1-37(9-10-41-2)25(40)23-21(28)18-12-38(7-4-8-39(18)36-23)24-14-13-43-19(11-17(14)34-26(35-24)42-3)20-15(27(30,31)32)5-6-16(33)22(20)29/h5-6,19H,4,7-13,33H2,1-3H3. The molecule has 5 rings (SSSR count). The molecule has 3 aromatic rings. The minimum absolute atomic E-state index is 0.0158. The number of aryl methyl sites for hydroxylation is 1. The number of ether oxygens (including phenoxy) is 3. The van der Waals surface area contributed by atoms with E-state index in [1.165, 1.54) is 12.0 Å². The Balaban J connectivity index is 1.49. The zero-order valence-electron chi connectivity index (χ0n) is 23.7. The van der Waals surface area contributed by atoms with Crippen molar-refractivity contribution in [2.24, 2.45) is 0 Å². The number of carbonyl (C=O) groups is 1. The number of nitrogens with two attached hydrogens (primary N) is 1. The van der Waals surface area contributed by atoms with E-state index in [0.29, 0.717) is 55.4 Å². The van der Waals surface area contributed by atoms with Gasteiger partial charge in [-0.3, -0.25) is 9.48 Å². The quantitative estimate of drug-likeness (QED) is 0.306. The van der Waals surface area contributed by atoms with Gasteiger partial charge in [0, 0.05) is 51.3 Å². The lowest BCUT2D eigenvalue weighted by atomic mass is 9.94. The largest absolute Gasteiger partial charge is 0.467 e. The van der Waals surface area contributed by atoms with Gasteiger partial charge in [-0.05, 0) is 18.6 Å². The highest BCUT2D eigenvalue weighted by Crippen LogP contribution is 2.43. The molecule has 2 aromatic heterocycles. The summed E-state index contributed by atoms with van der Waals surface area (Å²) in [7, 11) is 4.54. The smallest absolute Gasteiger partial charge is 0.416 e. The van der Waals surface area contributed by atoms with Gasteiger partial charge in [-0.2, -0.15) is 28.2 Å². The maximum atomic E-state index is 15.0. The van der Waals surface area contributed by atoms with E-state index < -0.39 is 34.9 Å². The highest BCUT2D eigenvalue weighted by Gasteiger charge is 2.40. The summed E-state index contributed by atoms with van der Waals surface area (Å²) in [4.78, 5) is 25.3. The Kier molecular flexibility index (Phi) is 8.68. The number of nitrogen functional groups attached to an aromatic ring is 1. The van der Waals surface area contributed by atoms with E-state index in [1.54, 1.807) is 18.8 Å². The van der Waals surface area contributed by atoms with Gasteiger partial charge in [-0.15, -0.1) is 0 Å². The van der Waals surface area contributed by atoms with E-state index in [0.717, 1.165) is 12.1 Å². The predicted octanol–water partition coefficient (Wildman–Crippen LogP) is 4.02. The number of likely N-dealkylation sites (N-methyl/N-ethyl adjacent to an activating group) is 1. The van der Waals surface area contributed by atoms with Gasteiger partial charge >= 0.3 is 12.2 Å². The number of hydrogen-bond donors (Lipinski definition) is 1. The van der Waals surface area contributed by atoms with Crippen LogP contribution in [-0.4, -0.2) is 71.5 Å². The summed E-state index contributed by atoms with van der Waals surface area (Å²) in [6.07, 6.45) is -5.69. The highest BCUT2D eigenvalue weighted by atomic mass is 35.5. The number of methoxy groups -OCH3 is 2. The van der Waals surface area contributed by atoms with Crippen LogP contribution >= 0.6 is 11.6 Å². The van der Waals surface area contributed by atoms with E-state index in [1.807, 2.05) is 4.90 Å². The molecule has 2 aliphatic heterocycles. The topological polar surface area (TPSA) is 121 Å². The zero-order valence-corrected chi connectivity index (χ0v) is 24.4. The lowest BCUT2D eigenvalue weighted by Gasteiger charge is -2.31. The van der Waals surface area contributed by atoms with Gasteiger partial charge in [0.2, 0.25) is 0 Å². The van der Waals surface area contributed by atoms with Crippen molar-refractivity contribution in [3.05, 3.63) is 56.7 Å². The minimum Gasteiger partial charge on any atom is -0.467 e. The summed E-state index contributed by atoms with van der Waals surface area (Å²) in [5, 5.41) is 4.69. The molecule has 4 heterocycles. The molecule has 232 valence electrons. The van der Waals surface area contributed by atoms with E-state index >= 15 is 4.39 Å². The van der Waals surface area contributed by atoms with Crippen LogP contribution in [0.2, 0.25) is 5.02 Å². The number of nitrogens with zero attached hydrogens (tertiary/aromatic N) is 6. The van der Waals surface area contributed by atoms with Crippen LogP contribution in [-0.2, 0) is 41.8 Å². The fourth-order valence-corrected chi connectivity index (χ4v) is 5.53. The second kappa shape index (κ2) is 12.1. The number of alkyl halides is 3. The molecular formula is C27H30ClF4N7O4. The van der Waals surface area contributed by atoms with Gasteiger partial charge in [-0.1, -0.05) is 11.6 Å². The van der Waals surface area contributed by atoms with Gasteiger partial charge in [0.25, 0.3) is 5.91 Å². The average molecular weight is 628 g/mol. The average Bonchev–Trinajstić information content (AvgIpc) is 3.14. The first-order valence-corrected chi connectivity index (χ1v) is 13.8. The van der Waals surface area contributed by atoms with Crippen molar-refractivity contribution in [3.8, 4) is 6.01 Å². The van der Waals surface area contributed by atoms with Crippen molar-refractivity contribution in [2.75, 3.05) is 51.6 Å². The maximum Gasteiger partial charge on any atom is 0.416 e. The summed E-state index contributed by atoms with van der Waals surface area (Å²) < 4.78 is 74.4. The van der Waals surface area contributed by atoms with Crippen LogP contribution in [0.3, 0.4) is 0 Å². The maximum absolute atomic E-state index is 15.0. The third-order valence-corrected chi connectivity index (χ3v) is 7.89. The number of fused-ring (bicyclic) bond motifs is 2. The van der Waals surface area contributed by atoms with Crippen LogP contribution in [0.1, 0.15) is 51.1 Å². The molecule has 2 aliphatic rings. The molecular weight excluding hydrogens is 598 g/mol. The molecule has 0 radical (unpaired) electrons. The second-order valence-corrected chi connectivity index (χ2v) is 10.6. The van der Waals surface area contributed by atoms with Crippen LogP contribution in [0, 0.1) is 5.82 Å². The van der Waals surface area contributed by atoms with Crippen molar-refractivity contribution >= 4 is 29.0 Å². The molecule has 1 amide bonds. The first kappa shape index (κ1) is 30.8. The first-order valence-electron chi connectivity index (χ1n) is 13.4. The molecule has 1 atom stereocenters. The molecule has 0 saturated carbocycles. The third kappa shape index (κ3) is 5.93. The van der Waals surface area contributed by atoms with Crippen LogP contribution in [0.5, 0.6) is 6.01 Å². The van der Waals surface area contributed by atoms with Crippen LogP contribution < -0.4 is 15.4 Å². The number of rotatable bonds is 7. The Bertz CT molecular complexity index is 1530. The number of carbonyl (C=O) groups excluding carboxylic acids is 1. The Hall–Kier alpha value is -3.69. The normalized spacial score (nSPS) is 16.8. The van der Waals surface area contributed by atoms with Crippen LogP contribution in [0.25, 0.3) is 0 Å². The summed E-state index contributed by atoms with van der Waals surface area (Å²) in [5.74, 6) is -1.10. The molecule has 11 nitrogen and oxygen atoms in total. The molecule has 2 N–H and O–H groups in total. The van der Waals surface area contributed by atoms with Gasteiger partial charge in [0.1, 0.15) is 5.82 Å². The van der Waals surface area contributed by atoms with Crippen molar-refractivity contribution in [1.29, 1.82) is 0 Å². The number of anilines is 2. The molecule has 1 unspecified atom stereocenters. The molecule has 0 spiro atoms. The van der Waals surface area contributed by atoms with E-state index in [4.69, 9.17) is 31.5 Å². The van der Waals surface area contributed by atoms with Crippen molar-refractivity contribution < 1.29 is 36.6 Å². The summed E-state index contributed by atoms with van der Waals surface area (Å²) in [6, 6.07) is 1.61. The van der Waals surface area contributed by atoms with E-state index in [9.17, 15) is 18.0 Å². The fourth-order valence-electron chi connectivity index (χ4n) is 5.25. The predicted molar refractivity (Wildman–Crippen MR) is 147 cm³/mol. The molecule has 43 heavy (non-hydrogen) atoms. The number of hydrogen-bond acceptors (Lipinski definition) is 9. The van der Waals surface area contributed by atoms with E-state index in [-0.39, 0.29) is 42.2 Å². The summed E-state index contributed by atoms with van der Waals surface area (Å²) in [5.41, 5.74) is 4.97. The van der Waals surface area contributed by atoms with E-state index in [2.05, 4.69) is 15.1 Å². The lowest BCUT2D eigenvalue weighted by molar-refractivity contribution is -0.140. The number of amides is 1. The molecule has 0 fully saturated rings. The Morgan fingerprint density at radius 2 is 2.02 bits per heavy atom. The third-order valence-electron chi connectivity index (χ3n) is 7.49. The summed E-state index contributed by atoms with van der Waals surface area (Å²) in [6.45, 7) is 1.74. The Morgan fingerprint density at radius 1 is 1.26 bits per heavy atom. The second-order valence-electron chi connectivity index (χ2n) is 10.2. The van der Waals surface area contributed by atoms with Gasteiger partial charge in [-0.25, -0.2) is 4.39 Å². The first-order chi connectivity index (χ1) is 20.4. The molecule has 0 aliphatic carbocycles. The fraction of sp³-hybridized carbons (Fsp3) is 0.481. The number of halogens is 5. The number of aromatic nitrogens is 4. The minimum atomic E-state index is -4.82. The van der Waals surface area contributed by atoms with Crippen molar-refractivity contribution in [3.63, 3.8) is 0 Å². The molecule has 0 bridgehead atoms. The highest BCUT2D eigenvalue weighted by molar-refractivity contribution is 6.34. The van der Waals surface area contributed by atoms with Gasteiger partial charge in [0.05, 0.1) is 60.6 Å². The van der Waals surface area contributed by atoms with Gasteiger partial charge < -0.3 is 29.7 Å². The van der Waals surface area contributed by atoms with Crippen LogP contribution in [0.15, 0.2) is 12.1 Å². The number of benzene rings is 1. The van der Waals surface area contributed by atoms with Crippen LogP contribution in [0.4, 0.5) is 29.1 Å². The van der Waals surface area contributed by atoms with Gasteiger partial charge in [0.15, 0.2) is 11.5 Å². The summed E-state index contributed by atoms with van der Waals surface area (Å²) >= 11 is 6.70. The molecule has 16 heteroatoms. The van der Waals surface area contributed by atoms with Crippen molar-refractivity contribution in [2.45, 2.75) is 44.8 Å². The molecule has 0 saturated heterocycles. The lowest BCUT2D eigenvalue weighted by Crippen LogP contribution is -2.31. The zero-order chi connectivity index (χ0) is 31.1.